The highest BCUT2D eigenvalue weighted by atomic mass is 35.5. The van der Waals surface area contributed by atoms with Gasteiger partial charge in [-0.2, -0.15) is 0 Å². The number of amides is 1. The highest BCUT2D eigenvalue weighted by Crippen LogP contribution is 2.20. The summed E-state index contributed by atoms with van der Waals surface area (Å²) < 4.78 is 0. The largest absolute Gasteiger partial charge is 0.345 e. The van der Waals surface area contributed by atoms with E-state index in [1.807, 2.05) is 4.90 Å². The summed E-state index contributed by atoms with van der Waals surface area (Å²) in [5.41, 5.74) is 0. The Labute approximate surface area is 91.8 Å². The normalized spacial score (nSPS) is 24.7. The lowest BCUT2D eigenvalue weighted by Gasteiger charge is -2.34. The molecule has 3 nitrogen and oxygen atoms in total. The van der Waals surface area contributed by atoms with E-state index < -0.39 is 0 Å². The maximum absolute atomic E-state index is 10.5. The van der Waals surface area contributed by atoms with Gasteiger partial charge >= 0.3 is 0 Å². The summed E-state index contributed by atoms with van der Waals surface area (Å²) >= 11 is 0. The van der Waals surface area contributed by atoms with Crippen LogP contribution in [-0.4, -0.2) is 48.4 Å². The fourth-order valence-electron chi connectivity index (χ4n) is 2.46. The fourth-order valence-corrected chi connectivity index (χ4v) is 2.46. The van der Waals surface area contributed by atoms with Crippen molar-refractivity contribution < 1.29 is 4.79 Å². The molecule has 2 saturated heterocycles. The van der Waals surface area contributed by atoms with Crippen LogP contribution in [-0.2, 0) is 4.79 Å². The lowest BCUT2D eigenvalue weighted by atomic mass is 10.0. The van der Waals surface area contributed by atoms with Gasteiger partial charge in [-0.05, 0) is 38.8 Å². The number of piperidine rings is 1. The smallest absolute Gasteiger partial charge is 0.209 e. The molecule has 14 heavy (non-hydrogen) atoms. The first-order valence-corrected chi connectivity index (χ1v) is 5.33. The van der Waals surface area contributed by atoms with Gasteiger partial charge in [0, 0.05) is 19.1 Å². The molecule has 2 aliphatic heterocycles. The average Bonchev–Trinajstić information content (AvgIpc) is 2.71. The molecular formula is C10H19ClN2O. The third-order valence-corrected chi connectivity index (χ3v) is 3.31. The lowest BCUT2D eigenvalue weighted by molar-refractivity contribution is -0.119. The Balaban J connectivity index is 0.000000980. The molecule has 0 atom stereocenters. The molecule has 0 N–H and O–H groups in total. The predicted molar refractivity (Wildman–Crippen MR) is 58.7 cm³/mol. The third kappa shape index (κ3) is 2.61. The minimum Gasteiger partial charge on any atom is -0.345 e. The van der Waals surface area contributed by atoms with E-state index in [1.54, 1.807) is 0 Å². The van der Waals surface area contributed by atoms with Gasteiger partial charge in [-0.25, -0.2) is 0 Å². The van der Waals surface area contributed by atoms with E-state index in [0.717, 1.165) is 25.5 Å². The van der Waals surface area contributed by atoms with Crippen molar-refractivity contribution in [3.05, 3.63) is 0 Å². The number of nitrogens with zero attached hydrogens (tertiary/aromatic N) is 2. The van der Waals surface area contributed by atoms with Gasteiger partial charge < -0.3 is 9.80 Å². The standard InChI is InChI=1S/C10H18N2O.ClH/c13-9-11-7-3-10(4-8-11)12-5-1-2-6-12;/h9-10H,1-8H2;1H. The third-order valence-electron chi connectivity index (χ3n) is 3.31. The molecule has 4 heteroatoms. The minimum atomic E-state index is 0. The number of hydrogen-bond donors (Lipinski definition) is 0. The van der Waals surface area contributed by atoms with Gasteiger partial charge in [0.2, 0.25) is 6.41 Å². The van der Waals surface area contributed by atoms with Crippen molar-refractivity contribution in [3.8, 4) is 0 Å². The average molecular weight is 219 g/mol. The van der Waals surface area contributed by atoms with E-state index in [1.165, 1.54) is 38.8 Å². The molecule has 0 radical (unpaired) electrons. The van der Waals surface area contributed by atoms with Gasteiger partial charge in [0.1, 0.15) is 0 Å². The molecule has 2 fully saturated rings. The van der Waals surface area contributed by atoms with E-state index >= 15 is 0 Å². The van der Waals surface area contributed by atoms with E-state index in [9.17, 15) is 4.79 Å². The van der Waals surface area contributed by atoms with Crippen molar-refractivity contribution in [2.24, 2.45) is 0 Å². The van der Waals surface area contributed by atoms with Gasteiger partial charge in [-0.15, -0.1) is 12.4 Å². The van der Waals surface area contributed by atoms with Crippen LogP contribution in [0.4, 0.5) is 0 Å². The van der Waals surface area contributed by atoms with Crippen molar-refractivity contribution >= 4 is 18.8 Å². The van der Waals surface area contributed by atoms with Gasteiger partial charge in [-0.1, -0.05) is 0 Å². The number of rotatable bonds is 2. The zero-order valence-electron chi connectivity index (χ0n) is 8.52. The van der Waals surface area contributed by atoms with E-state index in [4.69, 9.17) is 0 Å². The van der Waals surface area contributed by atoms with Crippen LogP contribution in [0.3, 0.4) is 0 Å². The molecule has 0 aromatic carbocycles. The van der Waals surface area contributed by atoms with Crippen molar-refractivity contribution in [1.82, 2.24) is 9.80 Å². The maximum Gasteiger partial charge on any atom is 0.209 e. The summed E-state index contributed by atoms with van der Waals surface area (Å²) in [6, 6.07) is 0.763. The molecule has 0 aromatic heterocycles. The Hall–Kier alpha value is -0.280. The molecular weight excluding hydrogens is 200 g/mol. The molecule has 2 aliphatic rings. The van der Waals surface area contributed by atoms with Crippen molar-refractivity contribution in [1.29, 1.82) is 0 Å². The van der Waals surface area contributed by atoms with E-state index in [0.29, 0.717) is 0 Å². The number of hydrogen-bond acceptors (Lipinski definition) is 2. The van der Waals surface area contributed by atoms with Crippen LogP contribution >= 0.6 is 12.4 Å². The van der Waals surface area contributed by atoms with E-state index in [-0.39, 0.29) is 12.4 Å². The summed E-state index contributed by atoms with van der Waals surface area (Å²) in [7, 11) is 0. The first kappa shape index (κ1) is 11.8. The highest BCUT2D eigenvalue weighted by Gasteiger charge is 2.25. The summed E-state index contributed by atoms with van der Waals surface area (Å²) in [5.74, 6) is 0. The molecule has 82 valence electrons. The van der Waals surface area contributed by atoms with Gasteiger partial charge in [0.25, 0.3) is 0 Å². The molecule has 1 amide bonds. The summed E-state index contributed by atoms with van der Waals surface area (Å²) in [6.45, 7) is 4.49. The monoisotopic (exact) mass is 218 g/mol. The van der Waals surface area contributed by atoms with Crippen LogP contribution in [0.25, 0.3) is 0 Å². The Morgan fingerprint density at radius 1 is 1.00 bits per heavy atom. The Morgan fingerprint density at radius 3 is 2.07 bits per heavy atom. The topological polar surface area (TPSA) is 23.6 Å². The fraction of sp³-hybridized carbons (Fsp3) is 0.900. The Morgan fingerprint density at radius 2 is 1.57 bits per heavy atom. The number of carbonyl (C=O) groups excluding carboxylic acids is 1. The second kappa shape index (κ2) is 5.56. The van der Waals surface area contributed by atoms with Gasteiger partial charge in [0.15, 0.2) is 0 Å². The summed E-state index contributed by atoms with van der Waals surface area (Å²) in [4.78, 5) is 15.0. The molecule has 0 aliphatic carbocycles. The highest BCUT2D eigenvalue weighted by molar-refractivity contribution is 5.85. The number of likely N-dealkylation sites (tertiary alicyclic amines) is 2. The van der Waals surface area contributed by atoms with Crippen LogP contribution < -0.4 is 0 Å². The van der Waals surface area contributed by atoms with Crippen LogP contribution in [0.15, 0.2) is 0 Å². The number of carbonyl (C=O) groups is 1. The van der Waals surface area contributed by atoms with Gasteiger partial charge in [-0.3, -0.25) is 4.79 Å². The van der Waals surface area contributed by atoms with Crippen LogP contribution in [0.1, 0.15) is 25.7 Å². The Bertz CT molecular complexity index is 175. The molecule has 0 saturated carbocycles. The second-order valence-electron chi connectivity index (χ2n) is 4.12. The first-order valence-electron chi connectivity index (χ1n) is 5.33. The SMILES string of the molecule is Cl.O=CN1CCC(N2CCCC2)CC1. The zero-order chi connectivity index (χ0) is 9.10. The van der Waals surface area contributed by atoms with E-state index in [2.05, 4.69) is 4.90 Å². The van der Waals surface area contributed by atoms with Crippen molar-refractivity contribution in [2.75, 3.05) is 26.2 Å². The minimum absolute atomic E-state index is 0. The Kier molecular flexibility index (Phi) is 4.69. The molecule has 2 rings (SSSR count). The number of halogens is 1. The van der Waals surface area contributed by atoms with Crippen LogP contribution in [0.2, 0.25) is 0 Å². The quantitative estimate of drug-likeness (QED) is 0.649. The first-order chi connectivity index (χ1) is 6.40. The molecule has 0 unspecified atom stereocenters. The predicted octanol–water partition coefficient (Wildman–Crippen LogP) is 1.12. The summed E-state index contributed by atoms with van der Waals surface area (Å²) in [5, 5.41) is 0. The maximum atomic E-state index is 10.5. The lowest BCUT2D eigenvalue weighted by Crippen LogP contribution is -2.43. The van der Waals surface area contributed by atoms with Crippen LogP contribution in [0, 0.1) is 0 Å². The molecule has 2 heterocycles. The van der Waals surface area contributed by atoms with Crippen LogP contribution in [0.5, 0.6) is 0 Å². The van der Waals surface area contributed by atoms with Gasteiger partial charge in [0.05, 0.1) is 0 Å². The zero-order valence-corrected chi connectivity index (χ0v) is 9.34. The molecule has 0 spiro atoms. The van der Waals surface area contributed by atoms with Crippen molar-refractivity contribution in [2.45, 2.75) is 31.7 Å². The summed E-state index contributed by atoms with van der Waals surface area (Å²) in [6.07, 6.45) is 6.08. The molecule has 0 bridgehead atoms. The van der Waals surface area contributed by atoms with Crippen molar-refractivity contribution in [3.63, 3.8) is 0 Å². The molecule has 0 aromatic rings. The second-order valence-corrected chi connectivity index (χ2v) is 4.12.